The van der Waals surface area contributed by atoms with Crippen molar-refractivity contribution in [2.24, 2.45) is 0 Å². The van der Waals surface area contributed by atoms with E-state index in [1.54, 1.807) is 22.9 Å². The summed E-state index contributed by atoms with van der Waals surface area (Å²) in [4.78, 5) is 22.3. The van der Waals surface area contributed by atoms with Gasteiger partial charge in [0.15, 0.2) is 5.82 Å². The quantitative estimate of drug-likeness (QED) is 0.462. The highest BCUT2D eigenvalue weighted by atomic mass is 16.2. The lowest BCUT2D eigenvalue weighted by atomic mass is 10.0. The summed E-state index contributed by atoms with van der Waals surface area (Å²) in [6.07, 6.45) is 4.72. The van der Waals surface area contributed by atoms with Gasteiger partial charge in [-0.1, -0.05) is 18.7 Å². The van der Waals surface area contributed by atoms with E-state index in [9.17, 15) is 4.79 Å². The van der Waals surface area contributed by atoms with Gasteiger partial charge in [-0.2, -0.15) is 9.78 Å². The minimum absolute atomic E-state index is 0.230. The average Bonchev–Trinajstić information content (AvgIpc) is 3.03. The van der Waals surface area contributed by atoms with Crippen LogP contribution in [0.25, 0.3) is 22.5 Å². The first-order valence-corrected chi connectivity index (χ1v) is 11.2. The number of allylic oxidation sites excluding steroid dienone is 1. The molecule has 5 rings (SSSR count). The highest BCUT2D eigenvalue weighted by Crippen LogP contribution is 2.34. The molecule has 1 aliphatic rings. The molecular weight excluding hydrogens is 412 g/mol. The van der Waals surface area contributed by atoms with E-state index in [4.69, 9.17) is 0 Å². The fourth-order valence-corrected chi connectivity index (χ4v) is 4.45. The normalized spacial score (nSPS) is 13.3. The largest absolute Gasteiger partial charge is 0.371 e. The van der Waals surface area contributed by atoms with Crippen LogP contribution in [-0.4, -0.2) is 39.3 Å². The number of benzene rings is 1. The first kappa shape index (κ1) is 21.0. The summed E-state index contributed by atoms with van der Waals surface area (Å²) in [7, 11) is 1.93. The maximum absolute atomic E-state index is 13.5. The van der Waals surface area contributed by atoms with Gasteiger partial charge >= 0.3 is 5.69 Å². The van der Waals surface area contributed by atoms with Gasteiger partial charge in [-0.15, -0.1) is 0 Å². The summed E-state index contributed by atoms with van der Waals surface area (Å²) >= 11 is 0. The lowest BCUT2D eigenvalue weighted by Gasteiger charge is -2.33. The number of aromatic nitrogens is 4. The van der Waals surface area contributed by atoms with Crippen molar-refractivity contribution in [1.29, 1.82) is 0 Å². The molecule has 33 heavy (non-hydrogen) atoms. The summed E-state index contributed by atoms with van der Waals surface area (Å²) in [6, 6.07) is 12.3. The van der Waals surface area contributed by atoms with Crippen LogP contribution in [0.1, 0.15) is 24.6 Å². The van der Waals surface area contributed by atoms with Crippen LogP contribution in [-0.2, 0) is 0 Å². The van der Waals surface area contributed by atoms with E-state index in [-0.39, 0.29) is 5.69 Å². The number of anilines is 2. The van der Waals surface area contributed by atoms with Crippen LogP contribution in [0.5, 0.6) is 0 Å². The van der Waals surface area contributed by atoms with Gasteiger partial charge < -0.3 is 9.80 Å². The molecule has 4 aromatic rings. The zero-order valence-corrected chi connectivity index (χ0v) is 19.5. The molecule has 0 unspecified atom stereocenters. The molecule has 0 radical (unpaired) electrons. The van der Waals surface area contributed by atoms with Crippen LogP contribution in [0, 0.1) is 13.8 Å². The third-order valence-electron chi connectivity index (χ3n) is 6.63. The standard InChI is InChI=1S/C26H28N6O/c1-17(2)29(5)22-10-11-24(27-15-22)32-26(33)31-19(4)25(18(3)23(31)16-28-32)20-8-6-9-21(14-20)30-12-7-13-30/h6,8-11,14-16H,1,7,12-13H2,2-5H3. The van der Waals surface area contributed by atoms with E-state index >= 15 is 0 Å². The first-order valence-electron chi connectivity index (χ1n) is 11.2. The minimum Gasteiger partial charge on any atom is -0.371 e. The SMILES string of the molecule is C=C(C)N(C)c1ccc(-n2ncc3c(C)c(-c4cccc(N5CCC5)c4)c(C)n3c2=O)nc1. The second-order valence-electron chi connectivity index (χ2n) is 8.70. The molecule has 0 amide bonds. The average molecular weight is 441 g/mol. The van der Waals surface area contributed by atoms with Crippen molar-refractivity contribution in [3.05, 3.63) is 82.8 Å². The number of hydrogen-bond acceptors (Lipinski definition) is 5. The summed E-state index contributed by atoms with van der Waals surface area (Å²) in [6.45, 7) is 12.1. The van der Waals surface area contributed by atoms with Crippen LogP contribution in [0.3, 0.4) is 0 Å². The van der Waals surface area contributed by atoms with Crippen molar-refractivity contribution >= 4 is 16.9 Å². The van der Waals surface area contributed by atoms with Gasteiger partial charge in [-0.05, 0) is 62.6 Å². The molecule has 168 valence electrons. The van der Waals surface area contributed by atoms with Crippen LogP contribution >= 0.6 is 0 Å². The molecule has 0 aliphatic carbocycles. The molecule has 0 saturated carbocycles. The molecule has 0 N–H and O–H groups in total. The second kappa shape index (κ2) is 7.92. The maximum Gasteiger partial charge on any atom is 0.355 e. The van der Waals surface area contributed by atoms with E-state index in [1.165, 1.54) is 16.8 Å². The molecule has 7 nitrogen and oxygen atoms in total. The van der Waals surface area contributed by atoms with E-state index in [2.05, 4.69) is 52.8 Å². The molecule has 0 spiro atoms. The molecule has 1 saturated heterocycles. The second-order valence-corrected chi connectivity index (χ2v) is 8.70. The zero-order valence-electron chi connectivity index (χ0n) is 19.5. The Labute approximate surface area is 193 Å². The van der Waals surface area contributed by atoms with Crippen LogP contribution in [0.15, 0.2) is 65.9 Å². The first-order chi connectivity index (χ1) is 15.9. The third-order valence-corrected chi connectivity index (χ3v) is 6.63. The smallest absolute Gasteiger partial charge is 0.355 e. The maximum atomic E-state index is 13.5. The van der Waals surface area contributed by atoms with Crippen molar-refractivity contribution in [3.8, 4) is 16.9 Å². The molecular formula is C26H28N6O. The van der Waals surface area contributed by atoms with Gasteiger partial charge in [0, 0.05) is 42.8 Å². The number of hydrogen-bond donors (Lipinski definition) is 0. The van der Waals surface area contributed by atoms with E-state index < -0.39 is 0 Å². The van der Waals surface area contributed by atoms with Gasteiger partial charge in [0.25, 0.3) is 0 Å². The number of fused-ring (bicyclic) bond motifs is 1. The van der Waals surface area contributed by atoms with E-state index in [0.717, 1.165) is 52.4 Å². The number of rotatable bonds is 5. The molecule has 3 aromatic heterocycles. The summed E-state index contributed by atoms with van der Waals surface area (Å²) in [5.74, 6) is 0.479. The van der Waals surface area contributed by atoms with Gasteiger partial charge in [-0.25, -0.2) is 9.78 Å². The van der Waals surface area contributed by atoms with Gasteiger partial charge in [0.05, 0.1) is 23.6 Å². The Kier molecular flexibility index (Phi) is 5.04. The predicted octanol–water partition coefficient (Wildman–Crippen LogP) is 4.34. The Morgan fingerprint density at radius 2 is 1.91 bits per heavy atom. The Balaban J connectivity index is 1.60. The Morgan fingerprint density at radius 1 is 1.12 bits per heavy atom. The van der Waals surface area contributed by atoms with Crippen molar-refractivity contribution in [2.45, 2.75) is 27.2 Å². The number of nitrogens with zero attached hydrogens (tertiary/aromatic N) is 6. The topological polar surface area (TPSA) is 58.7 Å². The fraction of sp³-hybridized carbons (Fsp3) is 0.269. The zero-order chi connectivity index (χ0) is 23.3. The minimum atomic E-state index is -0.230. The van der Waals surface area contributed by atoms with Crippen LogP contribution < -0.4 is 15.5 Å². The lowest BCUT2D eigenvalue weighted by Crippen LogP contribution is -2.36. The van der Waals surface area contributed by atoms with Gasteiger partial charge in [-0.3, -0.25) is 4.40 Å². The predicted molar refractivity (Wildman–Crippen MR) is 134 cm³/mol. The third kappa shape index (κ3) is 3.40. The monoisotopic (exact) mass is 440 g/mol. The van der Waals surface area contributed by atoms with Crippen molar-refractivity contribution < 1.29 is 0 Å². The number of aryl methyl sites for hydroxylation is 2. The Bertz CT molecular complexity index is 1430. The van der Waals surface area contributed by atoms with Gasteiger partial charge in [0.1, 0.15) is 0 Å². The molecule has 1 aromatic carbocycles. The molecule has 0 bridgehead atoms. The van der Waals surface area contributed by atoms with Gasteiger partial charge in [0.2, 0.25) is 0 Å². The van der Waals surface area contributed by atoms with Crippen molar-refractivity contribution in [1.82, 2.24) is 19.2 Å². The fourth-order valence-electron chi connectivity index (χ4n) is 4.45. The molecule has 1 fully saturated rings. The lowest BCUT2D eigenvalue weighted by molar-refractivity contribution is 0.618. The summed E-state index contributed by atoms with van der Waals surface area (Å²) < 4.78 is 3.09. The highest BCUT2D eigenvalue weighted by molar-refractivity contribution is 5.80. The van der Waals surface area contributed by atoms with Crippen molar-refractivity contribution in [2.75, 3.05) is 29.9 Å². The molecule has 7 heteroatoms. The molecule has 4 heterocycles. The highest BCUT2D eigenvalue weighted by Gasteiger charge is 2.20. The summed E-state index contributed by atoms with van der Waals surface area (Å²) in [5, 5.41) is 4.44. The Hall–Kier alpha value is -3.87. The summed E-state index contributed by atoms with van der Waals surface area (Å²) in [5.41, 5.74) is 7.79. The van der Waals surface area contributed by atoms with Crippen LogP contribution in [0.4, 0.5) is 11.4 Å². The van der Waals surface area contributed by atoms with Crippen molar-refractivity contribution in [3.63, 3.8) is 0 Å². The molecule has 0 atom stereocenters. The van der Waals surface area contributed by atoms with Crippen LogP contribution in [0.2, 0.25) is 0 Å². The number of pyridine rings is 1. The molecule has 1 aliphatic heterocycles. The Morgan fingerprint density at radius 3 is 2.55 bits per heavy atom. The van der Waals surface area contributed by atoms with E-state index in [1.807, 2.05) is 31.9 Å². The van der Waals surface area contributed by atoms with E-state index in [0.29, 0.717) is 5.82 Å².